The summed E-state index contributed by atoms with van der Waals surface area (Å²) >= 11 is 1.54. The smallest absolute Gasteiger partial charge is 0.193 e. The summed E-state index contributed by atoms with van der Waals surface area (Å²) in [7, 11) is 0. The second-order valence-corrected chi connectivity index (χ2v) is 6.63. The molecule has 4 rings (SSSR count). The van der Waals surface area contributed by atoms with Gasteiger partial charge in [0.15, 0.2) is 16.7 Å². The Morgan fingerprint density at radius 2 is 2.29 bits per heavy atom. The molecule has 0 spiro atoms. The largest absolute Gasteiger partial charge is 0.335 e. The number of H-pyrrole nitrogens is 1. The van der Waals surface area contributed by atoms with Gasteiger partial charge in [-0.15, -0.1) is 0 Å². The van der Waals surface area contributed by atoms with Crippen LogP contribution in [0.15, 0.2) is 29.6 Å². The third kappa shape index (κ3) is 2.65. The van der Waals surface area contributed by atoms with Gasteiger partial charge in [-0.25, -0.2) is 4.98 Å². The fraction of sp³-hybridized carbons (Fsp3) is 0.235. The fourth-order valence-corrected chi connectivity index (χ4v) is 3.56. The molecular weight excluding hydrogens is 326 g/mol. The van der Waals surface area contributed by atoms with Gasteiger partial charge in [0.25, 0.3) is 0 Å². The standard InChI is InChI=1S/C17H15N3O3S/c1-9-5-13-14(6-12(9)10(2)21)20-17(19-13)24-8-15-16-11(3-4-18-15)7-22-23-16/h3-6H,7-8H2,1-2H3,(H,19,20). The maximum absolute atomic E-state index is 11.7. The lowest BCUT2D eigenvalue weighted by Crippen LogP contribution is -1.95. The van der Waals surface area contributed by atoms with Crippen LogP contribution in [0.1, 0.15) is 34.1 Å². The summed E-state index contributed by atoms with van der Waals surface area (Å²) in [5, 5.41) is 0.781. The van der Waals surface area contributed by atoms with Gasteiger partial charge in [-0.2, -0.15) is 4.89 Å². The van der Waals surface area contributed by atoms with E-state index < -0.39 is 0 Å². The lowest BCUT2D eigenvalue weighted by Gasteiger charge is -2.02. The number of benzene rings is 1. The van der Waals surface area contributed by atoms with Crippen molar-refractivity contribution >= 4 is 28.6 Å². The van der Waals surface area contributed by atoms with Gasteiger partial charge >= 0.3 is 0 Å². The van der Waals surface area contributed by atoms with Gasteiger partial charge in [0.1, 0.15) is 6.61 Å². The Labute approximate surface area is 142 Å². The summed E-state index contributed by atoms with van der Waals surface area (Å²) in [4.78, 5) is 34.0. The Bertz CT molecular complexity index is 952. The lowest BCUT2D eigenvalue weighted by atomic mass is 10.0. The molecule has 122 valence electrons. The third-order valence-electron chi connectivity index (χ3n) is 3.95. The van der Waals surface area contributed by atoms with Crippen LogP contribution in [0.25, 0.3) is 11.0 Å². The van der Waals surface area contributed by atoms with Crippen LogP contribution >= 0.6 is 11.8 Å². The van der Waals surface area contributed by atoms with Crippen molar-refractivity contribution in [2.45, 2.75) is 31.4 Å². The zero-order chi connectivity index (χ0) is 16.7. The molecule has 1 aliphatic rings. The number of nitrogens with one attached hydrogen (secondary N) is 1. The molecule has 0 saturated carbocycles. The zero-order valence-corrected chi connectivity index (χ0v) is 14.1. The molecule has 1 aromatic carbocycles. The van der Waals surface area contributed by atoms with E-state index >= 15 is 0 Å². The number of pyridine rings is 1. The van der Waals surface area contributed by atoms with E-state index in [-0.39, 0.29) is 5.78 Å². The number of aromatic amines is 1. The van der Waals surface area contributed by atoms with Crippen molar-refractivity contribution < 1.29 is 14.6 Å². The van der Waals surface area contributed by atoms with Crippen LogP contribution in [-0.2, 0) is 17.2 Å². The molecule has 24 heavy (non-hydrogen) atoms. The first-order valence-electron chi connectivity index (χ1n) is 7.52. The first-order chi connectivity index (χ1) is 11.6. The minimum absolute atomic E-state index is 0.0489. The highest BCUT2D eigenvalue weighted by Gasteiger charge is 2.19. The number of hydrogen-bond donors (Lipinski definition) is 1. The van der Waals surface area contributed by atoms with Crippen LogP contribution in [0.2, 0.25) is 0 Å². The molecule has 7 heteroatoms. The molecule has 0 radical (unpaired) electrons. The fourth-order valence-electron chi connectivity index (χ4n) is 2.73. The molecule has 1 N–H and O–H groups in total. The van der Waals surface area contributed by atoms with Crippen molar-refractivity contribution in [2.75, 3.05) is 0 Å². The van der Waals surface area contributed by atoms with Gasteiger partial charge in [-0.05, 0) is 37.6 Å². The number of carbonyl (C=O) groups is 1. The number of ketones is 1. The van der Waals surface area contributed by atoms with Gasteiger partial charge in [0, 0.05) is 23.1 Å². The lowest BCUT2D eigenvalue weighted by molar-refractivity contribution is -0.195. The highest BCUT2D eigenvalue weighted by Crippen LogP contribution is 2.33. The summed E-state index contributed by atoms with van der Waals surface area (Å²) in [5.74, 6) is 1.37. The van der Waals surface area contributed by atoms with Crippen molar-refractivity contribution in [3.8, 4) is 5.75 Å². The van der Waals surface area contributed by atoms with Gasteiger partial charge in [-0.1, -0.05) is 11.8 Å². The first kappa shape index (κ1) is 15.2. The highest BCUT2D eigenvalue weighted by atomic mass is 32.2. The maximum atomic E-state index is 11.7. The molecule has 0 amide bonds. The predicted octanol–water partition coefficient (Wildman–Crippen LogP) is 3.59. The number of aryl methyl sites for hydroxylation is 1. The topological polar surface area (TPSA) is 77.1 Å². The van der Waals surface area contributed by atoms with Crippen LogP contribution in [0.5, 0.6) is 5.75 Å². The number of fused-ring (bicyclic) bond motifs is 2. The Morgan fingerprint density at radius 3 is 3.12 bits per heavy atom. The monoisotopic (exact) mass is 341 g/mol. The van der Waals surface area contributed by atoms with E-state index in [0.717, 1.165) is 33.0 Å². The van der Waals surface area contributed by atoms with E-state index in [0.29, 0.717) is 23.7 Å². The summed E-state index contributed by atoms with van der Waals surface area (Å²) < 4.78 is 0. The first-order valence-corrected chi connectivity index (χ1v) is 8.50. The number of carbonyl (C=O) groups excluding carboxylic acids is 1. The molecule has 3 aromatic rings. The van der Waals surface area contributed by atoms with Crippen LogP contribution in [0, 0.1) is 6.92 Å². The maximum Gasteiger partial charge on any atom is 0.193 e. The average molecular weight is 341 g/mol. The molecule has 0 atom stereocenters. The highest BCUT2D eigenvalue weighted by molar-refractivity contribution is 7.98. The van der Waals surface area contributed by atoms with E-state index in [4.69, 9.17) is 9.78 Å². The van der Waals surface area contributed by atoms with E-state index in [1.807, 2.05) is 25.1 Å². The molecule has 2 aromatic heterocycles. The number of aromatic nitrogens is 3. The summed E-state index contributed by atoms with van der Waals surface area (Å²) in [6, 6.07) is 5.69. The van der Waals surface area contributed by atoms with Crippen LogP contribution in [0.4, 0.5) is 0 Å². The number of thioether (sulfide) groups is 1. The molecule has 0 unspecified atom stereocenters. The second kappa shape index (κ2) is 5.92. The molecule has 0 fully saturated rings. The van der Waals surface area contributed by atoms with Gasteiger partial charge < -0.3 is 9.87 Å². The Morgan fingerprint density at radius 1 is 1.42 bits per heavy atom. The normalized spacial score (nSPS) is 13.1. The van der Waals surface area contributed by atoms with E-state index in [9.17, 15) is 4.79 Å². The van der Waals surface area contributed by atoms with Crippen LogP contribution < -0.4 is 4.89 Å². The van der Waals surface area contributed by atoms with Crippen LogP contribution in [0.3, 0.4) is 0 Å². The molecule has 0 saturated heterocycles. The van der Waals surface area contributed by atoms with Crippen molar-refractivity contribution in [3.63, 3.8) is 0 Å². The zero-order valence-electron chi connectivity index (χ0n) is 13.3. The van der Waals surface area contributed by atoms with Gasteiger partial charge in [-0.3, -0.25) is 9.78 Å². The van der Waals surface area contributed by atoms with Crippen molar-refractivity contribution in [1.82, 2.24) is 15.0 Å². The molecular formula is C17H15N3O3S. The SMILES string of the molecule is CC(=O)c1cc2nc(SCc3nccc4c3OOC4)[nH]c2cc1C. The number of imidazole rings is 1. The molecule has 6 nitrogen and oxygen atoms in total. The Balaban J connectivity index is 1.59. The summed E-state index contributed by atoms with van der Waals surface area (Å²) in [6.07, 6.45) is 1.76. The predicted molar refractivity (Wildman–Crippen MR) is 90.1 cm³/mol. The van der Waals surface area contributed by atoms with Crippen molar-refractivity contribution in [2.24, 2.45) is 0 Å². The molecule has 0 aliphatic carbocycles. The average Bonchev–Trinajstić information content (AvgIpc) is 3.17. The van der Waals surface area contributed by atoms with Gasteiger partial charge in [0.2, 0.25) is 0 Å². The number of hydrogen-bond acceptors (Lipinski definition) is 6. The minimum Gasteiger partial charge on any atom is -0.335 e. The number of nitrogens with zero attached hydrogens (tertiary/aromatic N) is 2. The quantitative estimate of drug-likeness (QED) is 0.444. The summed E-state index contributed by atoms with van der Waals surface area (Å²) in [5.41, 5.74) is 5.20. The van der Waals surface area contributed by atoms with Gasteiger partial charge in [0.05, 0.1) is 16.7 Å². The van der Waals surface area contributed by atoms with E-state index in [1.54, 1.807) is 13.1 Å². The summed E-state index contributed by atoms with van der Waals surface area (Å²) in [6.45, 7) is 3.95. The number of Topliss-reactive ketones (excluding diaryl/α,β-unsaturated/α-hetero) is 1. The van der Waals surface area contributed by atoms with Crippen molar-refractivity contribution in [1.29, 1.82) is 0 Å². The Kier molecular flexibility index (Phi) is 3.74. The van der Waals surface area contributed by atoms with Crippen LogP contribution in [-0.4, -0.2) is 20.7 Å². The Hall–Kier alpha value is -2.38. The molecule has 1 aliphatic heterocycles. The molecule has 3 heterocycles. The second-order valence-electron chi connectivity index (χ2n) is 5.66. The van der Waals surface area contributed by atoms with E-state index in [2.05, 4.69) is 15.0 Å². The number of rotatable bonds is 4. The molecule has 0 bridgehead atoms. The third-order valence-corrected chi connectivity index (χ3v) is 4.83. The van der Waals surface area contributed by atoms with Crippen molar-refractivity contribution in [3.05, 3.63) is 46.8 Å². The van der Waals surface area contributed by atoms with E-state index in [1.165, 1.54) is 11.8 Å². The minimum atomic E-state index is 0.0489.